The van der Waals surface area contributed by atoms with E-state index in [0.29, 0.717) is 0 Å². The van der Waals surface area contributed by atoms with Gasteiger partial charge in [0.1, 0.15) is 0 Å². The fraction of sp³-hybridized carbons (Fsp3) is 0.286. The van der Waals surface area contributed by atoms with Crippen molar-refractivity contribution in [3.8, 4) is 10.4 Å². The van der Waals surface area contributed by atoms with Crippen LogP contribution in [0.5, 0.6) is 0 Å². The second-order valence-corrected chi connectivity index (χ2v) is 6.99. The molecule has 0 aliphatic rings. The van der Waals surface area contributed by atoms with Crippen molar-refractivity contribution in [2.45, 2.75) is 25.8 Å². The summed E-state index contributed by atoms with van der Waals surface area (Å²) >= 11 is 10.3. The lowest BCUT2D eigenvalue weighted by molar-refractivity contribution is 0.648. The minimum atomic E-state index is 0.149. The van der Waals surface area contributed by atoms with Gasteiger partial charge in [-0.05, 0) is 53.3 Å². The Kier molecular flexibility index (Phi) is 5.06. The maximum atomic E-state index is 6.28. The lowest BCUT2D eigenvalue weighted by atomic mass is 10.1. The molecule has 96 valence electrons. The summed E-state index contributed by atoms with van der Waals surface area (Å²) in [4.78, 5) is 2.43. The predicted octanol–water partition coefficient (Wildman–Crippen LogP) is 5.47. The van der Waals surface area contributed by atoms with Gasteiger partial charge in [0.15, 0.2) is 0 Å². The van der Waals surface area contributed by atoms with Crippen LogP contribution in [0.4, 0.5) is 0 Å². The maximum absolute atomic E-state index is 6.28. The van der Waals surface area contributed by atoms with Crippen molar-refractivity contribution in [1.29, 1.82) is 0 Å². The summed E-state index contributed by atoms with van der Waals surface area (Å²) in [6.07, 6.45) is 2.14. The molecule has 0 fully saturated rings. The van der Waals surface area contributed by atoms with Crippen molar-refractivity contribution in [3.63, 3.8) is 0 Å². The minimum absolute atomic E-state index is 0.149. The van der Waals surface area contributed by atoms with E-state index < -0.39 is 0 Å². The lowest BCUT2D eigenvalue weighted by Crippen LogP contribution is -2.07. The van der Waals surface area contributed by atoms with Crippen molar-refractivity contribution in [1.82, 2.24) is 0 Å². The molecule has 0 spiro atoms. The molecule has 4 heteroatoms. The Balaban J connectivity index is 2.29. The molecule has 0 bridgehead atoms. The first kappa shape index (κ1) is 14.3. The number of hydrogen-bond donors (Lipinski definition) is 1. The molecule has 0 aliphatic carbocycles. The highest BCUT2D eigenvalue weighted by atomic mass is 127. The molecule has 0 radical (unpaired) electrons. The van der Waals surface area contributed by atoms with E-state index in [1.165, 1.54) is 9.75 Å². The van der Waals surface area contributed by atoms with Crippen LogP contribution in [0.25, 0.3) is 10.4 Å². The quantitative estimate of drug-likeness (QED) is 0.687. The third-order valence-electron chi connectivity index (χ3n) is 2.79. The van der Waals surface area contributed by atoms with Crippen LogP contribution in [-0.4, -0.2) is 0 Å². The largest absolute Gasteiger partial charge is 0.323 e. The van der Waals surface area contributed by atoms with Gasteiger partial charge in [0, 0.05) is 24.9 Å². The molecule has 18 heavy (non-hydrogen) atoms. The second kappa shape index (κ2) is 6.37. The number of rotatable bonds is 4. The van der Waals surface area contributed by atoms with Crippen LogP contribution in [0.2, 0.25) is 5.02 Å². The van der Waals surface area contributed by atoms with E-state index in [1.807, 2.05) is 6.07 Å². The van der Waals surface area contributed by atoms with Gasteiger partial charge in [0.2, 0.25) is 0 Å². The van der Waals surface area contributed by atoms with E-state index in [9.17, 15) is 0 Å². The van der Waals surface area contributed by atoms with Crippen LogP contribution in [-0.2, 0) is 0 Å². The summed E-state index contributed by atoms with van der Waals surface area (Å²) in [5, 5.41) is 0.805. The predicted molar refractivity (Wildman–Crippen MR) is 89.3 cm³/mol. The highest BCUT2D eigenvalue weighted by Crippen LogP contribution is 2.36. The molecule has 1 nitrogen and oxygen atoms in total. The smallest absolute Gasteiger partial charge is 0.0503 e. The van der Waals surface area contributed by atoms with Crippen LogP contribution < -0.4 is 5.73 Å². The van der Waals surface area contributed by atoms with Gasteiger partial charge in [0.25, 0.3) is 0 Å². The molecule has 1 heterocycles. The number of thiophene rings is 1. The van der Waals surface area contributed by atoms with Gasteiger partial charge in [-0.15, -0.1) is 11.3 Å². The number of hydrogen-bond acceptors (Lipinski definition) is 2. The average molecular weight is 392 g/mol. The van der Waals surface area contributed by atoms with Crippen LogP contribution in [0.3, 0.4) is 0 Å². The van der Waals surface area contributed by atoms with Crippen molar-refractivity contribution in [2.24, 2.45) is 5.73 Å². The SMILES string of the molecule is CCCC(N)c1ccc(-c2ccc(I)cc2Cl)s1. The molecule has 0 amide bonds. The molecule has 2 rings (SSSR count). The minimum Gasteiger partial charge on any atom is -0.323 e. The topological polar surface area (TPSA) is 26.0 Å². The highest BCUT2D eigenvalue weighted by molar-refractivity contribution is 14.1. The second-order valence-electron chi connectivity index (χ2n) is 4.22. The van der Waals surface area contributed by atoms with E-state index in [0.717, 1.165) is 27.0 Å². The van der Waals surface area contributed by atoms with E-state index in [4.69, 9.17) is 17.3 Å². The molecular weight excluding hydrogens is 377 g/mol. The van der Waals surface area contributed by atoms with E-state index >= 15 is 0 Å². The zero-order valence-electron chi connectivity index (χ0n) is 10.1. The molecule has 1 aromatic carbocycles. The van der Waals surface area contributed by atoms with E-state index in [-0.39, 0.29) is 6.04 Å². The highest BCUT2D eigenvalue weighted by Gasteiger charge is 2.11. The van der Waals surface area contributed by atoms with Gasteiger partial charge < -0.3 is 5.73 Å². The first-order valence-corrected chi connectivity index (χ1v) is 8.20. The Morgan fingerprint density at radius 1 is 1.33 bits per heavy atom. The Labute approximate surface area is 130 Å². The van der Waals surface area contributed by atoms with Crippen molar-refractivity contribution in [2.75, 3.05) is 0 Å². The fourth-order valence-electron chi connectivity index (χ4n) is 1.84. The monoisotopic (exact) mass is 391 g/mol. The molecule has 1 atom stereocenters. The zero-order chi connectivity index (χ0) is 13.1. The first-order valence-electron chi connectivity index (χ1n) is 5.92. The molecule has 1 aromatic heterocycles. The summed E-state index contributed by atoms with van der Waals surface area (Å²) in [6.45, 7) is 2.16. The van der Waals surface area contributed by atoms with Gasteiger partial charge in [-0.25, -0.2) is 0 Å². The summed E-state index contributed by atoms with van der Waals surface area (Å²) < 4.78 is 1.15. The van der Waals surface area contributed by atoms with Crippen LogP contribution in [0, 0.1) is 3.57 Å². The third-order valence-corrected chi connectivity index (χ3v) is 5.02. The van der Waals surface area contributed by atoms with Gasteiger partial charge in [0.05, 0.1) is 5.02 Å². The van der Waals surface area contributed by atoms with Crippen LogP contribution >= 0.6 is 45.5 Å². The molecule has 0 saturated heterocycles. The Morgan fingerprint density at radius 3 is 2.78 bits per heavy atom. The fourth-order valence-corrected chi connectivity index (χ4v) is 3.94. The normalized spacial score (nSPS) is 12.7. The van der Waals surface area contributed by atoms with E-state index in [2.05, 4.69) is 53.8 Å². The Bertz CT molecular complexity index is 538. The maximum Gasteiger partial charge on any atom is 0.0503 e. The number of halogens is 2. The summed E-state index contributed by atoms with van der Waals surface area (Å²) in [6, 6.07) is 10.5. The van der Waals surface area contributed by atoms with Gasteiger partial charge in [-0.2, -0.15) is 0 Å². The van der Waals surface area contributed by atoms with Gasteiger partial charge >= 0.3 is 0 Å². The van der Waals surface area contributed by atoms with Gasteiger partial charge in [-0.3, -0.25) is 0 Å². The standard InChI is InChI=1S/C14H15ClINS/c1-2-3-12(17)14-7-6-13(18-14)10-5-4-9(16)8-11(10)15/h4-8,12H,2-3,17H2,1H3. The molecule has 2 aromatic rings. The lowest BCUT2D eigenvalue weighted by Gasteiger charge is -2.06. The molecular formula is C14H15ClINS. The first-order chi connectivity index (χ1) is 8.61. The zero-order valence-corrected chi connectivity index (χ0v) is 13.8. The van der Waals surface area contributed by atoms with Crippen LogP contribution in [0.15, 0.2) is 30.3 Å². The van der Waals surface area contributed by atoms with Crippen molar-refractivity contribution in [3.05, 3.63) is 43.8 Å². The van der Waals surface area contributed by atoms with Crippen LogP contribution in [0.1, 0.15) is 30.7 Å². The Hall–Kier alpha value is -0.100. The van der Waals surface area contributed by atoms with Crippen molar-refractivity contribution < 1.29 is 0 Å². The Morgan fingerprint density at radius 2 is 2.11 bits per heavy atom. The van der Waals surface area contributed by atoms with E-state index in [1.54, 1.807) is 11.3 Å². The summed E-state index contributed by atoms with van der Waals surface area (Å²) in [7, 11) is 0. The average Bonchev–Trinajstić information content (AvgIpc) is 2.78. The van der Waals surface area contributed by atoms with Crippen molar-refractivity contribution >= 4 is 45.5 Å². The number of nitrogens with two attached hydrogens (primary N) is 1. The molecule has 1 unspecified atom stereocenters. The molecule has 2 N–H and O–H groups in total. The molecule has 0 aliphatic heterocycles. The molecule has 0 saturated carbocycles. The summed E-state index contributed by atoms with van der Waals surface area (Å²) in [5.74, 6) is 0. The van der Waals surface area contributed by atoms with Gasteiger partial charge in [-0.1, -0.05) is 31.0 Å². The number of benzene rings is 1. The third kappa shape index (κ3) is 3.26. The summed E-state index contributed by atoms with van der Waals surface area (Å²) in [5.41, 5.74) is 7.23.